The Labute approximate surface area is 125 Å². The topological polar surface area (TPSA) is 24.5 Å². The van der Waals surface area contributed by atoms with E-state index in [-0.39, 0.29) is 0 Å². The monoisotopic (exact) mass is 282 g/mol. The zero-order valence-corrected chi connectivity index (χ0v) is 14.3. The van der Waals surface area contributed by atoms with E-state index in [1.807, 2.05) is 0 Å². The first-order chi connectivity index (χ1) is 9.27. The van der Waals surface area contributed by atoms with E-state index in [9.17, 15) is 0 Å². The predicted octanol–water partition coefficient (Wildman–Crippen LogP) is 2.90. The number of nitrogens with zero attached hydrogens (tertiary/aromatic N) is 1. The lowest BCUT2D eigenvalue weighted by atomic mass is 9.83. The summed E-state index contributed by atoms with van der Waals surface area (Å²) in [4.78, 5) is 2.69. The van der Waals surface area contributed by atoms with Crippen molar-refractivity contribution in [3.05, 3.63) is 0 Å². The van der Waals surface area contributed by atoms with Gasteiger partial charge in [0.1, 0.15) is 0 Å². The Bertz CT molecular complexity index is 311. The molecule has 0 saturated carbocycles. The number of rotatable bonds is 3. The number of hydrogen-bond donors (Lipinski definition) is 1. The molecular weight excluding hydrogens is 248 g/mol. The number of piperazine rings is 1. The van der Waals surface area contributed by atoms with Crippen molar-refractivity contribution in [1.82, 2.24) is 10.2 Å². The molecule has 4 atom stereocenters. The maximum absolute atomic E-state index is 6.05. The molecule has 3 heteroatoms. The van der Waals surface area contributed by atoms with Gasteiger partial charge in [-0.2, -0.15) is 0 Å². The summed E-state index contributed by atoms with van der Waals surface area (Å²) < 4.78 is 6.05. The SMILES string of the molecule is CC1CCC(CN2CC(C(C)(C)C)NCC2C(C)C)O1. The second-order valence-corrected chi connectivity index (χ2v) is 8.24. The molecule has 3 nitrogen and oxygen atoms in total. The minimum absolute atomic E-state index is 0.323. The lowest BCUT2D eigenvalue weighted by Gasteiger charge is -2.47. The van der Waals surface area contributed by atoms with Crippen LogP contribution >= 0.6 is 0 Å². The first-order valence-corrected chi connectivity index (χ1v) is 8.40. The van der Waals surface area contributed by atoms with Gasteiger partial charge in [-0.3, -0.25) is 4.90 Å². The van der Waals surface area contributed by atoms with Gasteiger partial charge in [-0.25, -0.2) is 0 Å². The quantitative estimate of drug-likeness (QED) is 0.861. The van der Waals surface area contributed by atoms with Crippen LogP contribution in [0.4, 0.5) is 0 Å². The average molecular weight is 282 g/mol. The lowest BCUT2D eigenvalue weighted by Crippen LogP contribution is -2.62. The van der Waals surface area contributed by atoms with Crippen molar-refractivity contribution in [3.8, 4) is 0 Å². The molecule has 0 radical (unpaired) electrons. The van der Waals surface area contributed by atoms with E-state index >= 15 is 0 Å². The van der Waals surface area contributed by atoms with Crippen molar-refractivity contribution in [1.29, 1.82) is 0 Å². The molecule has 2 saturated heterocycles. The van der Waals surface area contributed by atoms with Crippen LogP contribution in [0.15, 0.2) is 0 Å². The highest BCUT2D eigenvalue weighted by molar-refractivity contribution is 4.94. The molecule has 20 heavy (non-hydrogen) atoms. The number of hydrogen-bond acceptors (Lipinski definition) is 3. The van der Waals surface area contributed by atoms with Gasteiger partial charge in [0, 0.05) is 31.7 Å². The van der Waals surface area contributed by atoms with Gasteiger partial charge in [-0.05, 0) is 31.1 Å². The summed E-state index contributed by atoms with van der Waals surface area (Å²) in [6.07, 6.45) is 3.37. The van der Waals surface area contributed by atoms with E-state index in [2.05, 4.69) is 51.8 Å². The molecule has 0 spiro atoms. The first kappa shape index (κ1) is 16.3. The molecule has 0 aromatic carbocycles. The first-order valence-electron chi connectivity index (χ1n) is 8.40. The fraction of sp³-hybridized carbons (Fsp3) is 1.00. The minimum atomic E-state index is 0.323. The second kappa shape index (κ2) is 6.33. The smallest absolute Gasteiger partial charge is 0.0706 e. The second-order valence-electron chi connectivity index (χ2n) is 8.24. The fourth-order valence-electron chi connectivity index (χ4n) is 3.55. The molecule has 2 aliphatic rings. The highest BCUT2D eigenvalue weighted by Crippen LogP contribution is 2.27. The van der Waals surface area contributed by atoms with E-state index in [0.29, 0.717) is 35.6 Å². The summed E-state index contributed by atoms with van der Waals surface area (Å²) in [6.45, 7) is 17.3. The Morgan fingerprint density at radius 3 is 2.45 bits per heavy atom. The van der Waals surface area contributed by atoms with E-state index in [1.165, 1.54) is 12.8 Å². The summed E-state index contributed by atoms with van der Waals surface area (Å²) in [5.74, 6) is 0.697. The van der Waals surface area contributed by atoms with Crippen LogP contribution in [0.2, 0.25) is 0 Å². The lowest BCUT2D eigenvalue weighted by molar-refractivity contribution is -0.00656. The molecule has 2 fully saturated rings. The van der Waals surface area contributed by atoms with Crippen LogP contribution in [-0.4, -0.2) is 48.8 Å². The van der Waals surface area contributed by atoms with Gasteiger partial charge in [0.15, 0.2) is 0 Å². The van der Waals surface area contributed by atoms with Crippen LogP contribution in [-0.2, 0) is 4.74 Å². The van der Waals surface area contributed by atoms with Gasteiger partial charge in [-0.1, -0.05) is 34.6 Å². The molecular formula is C17H34N2O. The molecule has 0 aliphatic carbocycles. The Hall–Kier alpha value is -0.120. The van der Waals surface area contributed by atoms with Crippen molar-refractivity contribution in [3.63, 3.8) is 0 Å². The highest BCUT2D eigenvalue weighted by atomic mass is 16.5. The molecule has 2 heterocycles. The zero-order valence-electron chi connectivity index (χ0n) is 14.3. The largest absolute Gasteiger partial charge is 0.374 e. The van der Waals surface area contributed by atoms with Gasteiger partial charge >= 0.3 is 0 Å². The van der Waals surface area contributed by atoms with Gasteiger partial charge in [0.25, 0.3) is 0 Å². The Kier molecular flexibility index (Phi) is 5.14. The van der Waals surface area contributed by atoms with Crippen molar-refractivity contribution < 1.29 is 4.74 Å². The van der Waals surface area contributed by atoms with E-state index in [4.69, 9.17) is 4.74 Å². The molecule has 0 amide bonds. The summed E-state index contributed by atoms with van der Waals surface area (Å²) in [6, 6.07) is 1.23. The summed E-state index contributed by atoms with van der Waals surface area (Å²) in [7, 11) is 0. The Morgan fingerprint density at radius 1 is 1.25 bits per heavy atom. The Balaban J connectivity index is 1.99. The zero-order chi connectivity index (χ0) is 14.9. The van der Waals surface area contributed by atoms with Crippen LogP contribution in [0.25, 0.3) is 0 Å². The highest BCUT2D eigenvalue weighted by Gasteiger charge is 2.37. The molecule has 0 bridgehead atoms. The fourth-order valence-corrected chi connectivity index (χ4v) is 3.55. The van der Waals surface area contributed by atoms with E-state index in [1.54, 1.807) is 0 Å². The van der Waals surface area contributed by atoms with Crippen LogP contribution in [0.3, 0.4) is 0 Å². The predicted molar refractivity (Wildman–Crippen MR) is 85.0 cm³/mol. The van der Waals surface area contributed by atoms with Crippen LogP contribution < -0.4 is 5.32 Å². The van der Waals surface area contributed by atoms with E-state index < -0.39 is 0 Å². The number of nitrogens with one attached hydrogen (secondary N) is 1. The molecule has 0 aromatic rings. The maximum Gasteiger partial charge on any atom is 0.0706 e. The maximum atomic E-state index is 6.05. The molecule has 118 valence electrons. The van der Waals surface area contributed by atoms with Crippen molar-refractivity contribution in [2.75, 3.05) is 19.6 Å². The van der Waals surface area contributed by atoms with Crippen LogP contribution in [0.1, 0.15) is 54.4 Å². The van der Waals surface area contributed by atoms with Gasteiger partial charge in [0.05, 0.1) is 12.2 Å². The summed E-state index contributed by atoms with van der Waals surface area (Å²) >= 11 is 0. The average Bonchev–Trinajstić information content (AvgIpc) is 2.73. The van der Waals surface area contributed by atoms with Gasteiger partial charge < -0.3 is 10.1 Å². The van der Waals surface area contributed by atoms with Gasteiger partial charge in [-0.15, -0.1) is 0 Å². The molecule has 0 aromatic heterocycles. The number of ether oxygens (including phenoxy) is 1. The Morgan fingerprint density at radius 2 is 1.95 bits per heavy atom. The normalized spacial score (nSPS) is 36.8. The van der Waals surface area contributed by atoms with Gasteiger partial charge in [0.2, 0.25) is 0 Å². The van der Waals surface area contributed by atoms with E-state index in [0.717, 1.165) is 19.6 Å². The van der Waals surface area contributed by atoms with Crippen LogP contribution in [0, 0.1) is 11.3 Å². The third-order valence-electron chi connectivity index (χ3n) is 5.03. The third-order valence-corrected chi connectivity index (χ3v) is 5.03. The standard InChI is InChI=1S/C17H34N2O/c1-12(2)15-9-18-16(17(4,5)6)11-19(15)10-14-8-7-13(3)20-14/h12-16,18H,7-11H2,1-6H3. The molecule has 4 unspecified atom stereocenters. The summed E-state index contributed by atoms with van der Waals surface area (Å²) in [5.41, 5.74) is 0.323. The van der Waals surface area contributed by atoms with Crippen LogP contribution in [0.5, 0.6) is 0 Å². The molecule has 2 aliphatic heterocycles. The molecule has 2 rings (SSSR count). The minimum Gasteiger partial charge on any atom is -0.374 e. The molecule has 1 N–H and O–H groups in total. The van der Waals surface area contributed by atoms with Crippen molar-refractivity contribution in [2.45, 2.75) is 78.7 Å². The summed E-state index contributed by atoms with van der Waals surface area (Å²) in [5, 5.41) is 3.77. The van der Waals surface area contributed by atoms with Crippen molar-refractivity contribution in [2.24, 2.45) is 11.3 Å². The van der Waals surface area contributed by atoms with Crippen molar-refractivity contribution >= 4 is 0 Å². The third kappa shape index (κ3) is 3.96.